The van der Waals surface area contributed by atoms with Gasteiger partial charge in [-0.15, -0.1) is 23.1 Å². The van der Waals surface area contributed by atoms with Crippen molar-refractivity contribution in [2.75, 3.05) is 5.75 Å². The zero-order valence-corrected chi connectivity index (χ0v) is 14.4. The third kappa shape index (κ3) is 8.80. The van der Waals surface area contributed by atoms with E-state index in [9.17, 15) is 4.79 Å². The van der Waals surface area contributed by atoms with Gasteiger partial charge in [0.15, 0.2) is 6.29 Å². The molecule has 0 aliphatic heterocycles. The lowest BCUT2D eigenvalue weighted by molar-refractivity contribution is 0.112. The van der Waals surface area contributed by atoms with E-state index in [1.807, 2.05) is 17.8 Å². The maximum Gasteiger partial charge on any atom is 0.160 e. The van der Waals surface area contributed by atoms with E-state index < -0.39 is 0 Å². The van der Waals surface area contributed by atoms with Crippen LogP contribution in [0.25, 0.3) is 0 Å². The largest absolute Gasteiger partial charge is 0.297 e. The molecule has 0 saturated carbocycles. The van der Waals surface area contributed by atoms with Crippen molar-refractivity contribution in [1.82, 2.24) is 0 Å². The normalized spacial score (nSPS) is 10.8. The molecule has 114 valence electrons. The third-order valence-electron chi connectivity index (χ3n) is 3.46. The van der Waals surface area contributed by atoms with E-state index in [2.05, 4.69) is 13.0 Å². The fraction of sp³-hybridized carbons (Fsp3) is 0.706. The van der Waals surface area contributed by atoms with Crippen LogP contribution in [-0.2, 0) is 0 Å². The van der Waals surface area contributed by atoms with Crippen molar-refractivity contribution in [3.8, 4) is 0 Å². The minimum Gasteiger partial charge on any atom is -0.297 e. The number of hydrogen-bond acceptors (Lipinski definition) is 3. The second kappa shape index (κ2) is 12.5. The third-order valence-corrected chi connectivity index (χ3v) is 5.78. The molecular weight excluding hydrogens is 284 g/mol. The number of carbonyl (C=O) groups is 1. The van der Waals surface area contributed by atoms with Gasteiger partial charge in [-0.2, -0.15) is 0 Å². The van der Waals surface area contributed by atoms with E-state index in [1.54, 1.807) is 11.3 Å². The van der Waals surface area contributed by atoms with Gasteiger partial charge in [-0.05, 0) is 24.3 Å². The fourth-order valence-corrected chi connectivity index (χ4v) is 4.28. The van der Waals surface area contributed by atoms with Gasteiger partial charge in [0.2, 0.25) is 0 Å². The molecule has 1 rings (SSSR count). The van der Waals surface area contributed by atoms with Crippen LogP contribution in [0.1, 0.15) is 80.8 Å². The molecule has 0 atom stereocenters. The van der Waals surface area contributed by atoms with Gasteiger partial charge in [-0.1, -0.05) is 64.7 Å². The van der Waals surface area contributed by atoms with Crippen LogP contribution >= 0.6 is 23.1 Å². The Kier molecular flexibility index (Phi) is 11.1. The molecule has 0 amide bonds. The van der Waals surface area contributed by atoms with E-state index in [-0.39, 0.29) is 0 Å². The number of rotatable bonds is 13. The van der Waals surface area contributed by atoms with E-state index in [0.717, 1.165) is 11.2 Å². The number of thiophene rings is 1. The second-order valence-corrected chi connectivity index (χ2v) is 7.82. The Bertz CT molecular complexity index is 347. The summed E-state index contributed by atoms with van der Waals surface area (Å²) < 4.78 is 1.28. The molecule has 1 aromatic heterocycles. The quantitative estimate of drug-likeness (QED) is 0.233. The maximum absolute atomic E-state index is 10.6. The summed E-state index contributed by atoms with van der Waals surface area (Å²) in [6, 6.07) is 3.98. The molecule has 0 aliphatic rings. The van der Waals surface area contributed by atoms with Crippen molar-refractivity contribution < 1.29 is 4.79 Å². The van der Waals surface area contributed by atoms with Crippen molar-refractivity contribution in [2.24, 2.45) is 0 Å². The van der Waals surface area contributed by atoms with Crippen LogP contribution < -0.4 is 0 Å². The molecule has 0 bridgehead atoms. The number of thioether (sulfide) groups is 1. The first-order valence-corrected chi connectivity index (χ1v) is 9.85. The average molecular weight is 313 g/mol. The summed E-state index contributed by atoms with van der Waals surface area (Å²) in [7, 11) is 0. The molecule has 1 nitrogen and oxygen atoms in total. The average Bonchev–Trinajstić information content (AvgIpc) is 2.93. The summed E-state index contributed by atoms with van der Waals surface area (Å²) in [5.41, 5.74) is 0. The van der Waals surface area contributed by atoms with Crippen LogP contribution in [0.15, 0.2) is 16.3 Å². The topological polar surface area (TPSA) is 17.1 Å². The van der Waals surface area contributed by atoms with Crippen molar-refractivity contribution in [3.05, 3.63) is 17.0 Å². The van der Waals surface area contributed by atoms with Crippen molar-refractivity contribution in [2.45, 2.75) is 75.3 Å². The van der Waals surface area contributed by atoms with Crippen molar-refractivity contribution >= 4 is 29.4 Å². The first kappa shape index (κ1) is 17.8. The highest BCUT2D eigenvalue weighted by Gasteiger charge is 1.99. The molecule has 0 aromatic carbocycles. The van der Waals surface area contributed by atoms with E-state index >= 15 is 0 Å². The van der Waals surface area contributed by atoms with Crippen LogP contribution in [-0.4, -0.2) is 12.0 Å². The van der Waals surface area contributed by atoms with Crippen LogP contribution in [0.4, 0.5) is 0 Å². The Labute approximate surface area is 132 Å². The smallest absolute Gasteiger partial charge is 0.160 e. The Morgan fingerprint density at radius 1 is 0.950 bits per heavy atom. The molecule has 0 N–H and O–H groups in total. The maximum atomic E-state index is 10.6. The molecule has 0 saturated heterocycles. The van der Waals surface area contributed by atoms with Gasteiger partial charge in [-0.3, -0.25) is 4.79 Å². The summed E-state index contributed by atoms with van der Waals surface area (Å²) in [5, 5.41) is 0. The van der Waals surface area contributed by atoms with Gasteiger partial charge >= 0.3 is 0 Å². The van der Waals surface area contributed by atoms with E-state index in [0.29, 0.717) is 0 Å². The zero-order valence-electron chi connectivity index (χ0n) is 12.7. The Hall–Kier alpha value is -0.280. The SMILES string of the molecule is CCCCCCCCCCCCSc1ccc(C=O)s1. The van der Waals surface area contributed by atoms with E-state index in [4.69, 9.17) is 0 Å². The lowest BCUT2D eigenvalue weighted by Gasteiger charge is -2.02. The summed E-state index contributed by atoms with van der Waals surface area (Å²) in [5.74, 6) is 1.19. The summed E-state index contributed by atoms with van der Waals surface area (Å²) in [6.45, 7) is 2.27. The summed E-state index contributed by atoms with van der Waals surface area (Å²) in [6.07, 6.45) is 14.9. The molecule has 0 radical (unpaired) electrons. The Morgan fingerprint density at radius 2 is 1.55 bits per heavy atom. The van der Waals surface area contributed by atoms with E-state index in [1.165, 1.54) is 74.2 Å². The van der Waals surface area contributed by atoms with Crippen LogP contribution in [0.3, 0.4) is 0 Å². The number of unbranched alkanes of at least 4 members (excludes halogenated alkanes) is 9. The standard InChI is InChI=1S/C17H28OS2/c1-2-3-4-5-6-7-8-9-10-11-14-19-17-13-12-16(15-18)20-17/h12-13,15H,2-11,14H2,1H3. The van der Waals surface area contributed by atoms with Gasteiger partial charge in [0.1, 0.15) is 0 Å². The highest BCUT2D eigenvalue weighted by molar-refractivity contribution is 8.01. The molecular formula is C17H28OS2. The van der Waals surface area contributed by atoms with Gasteiger partial charge in [0, 0.05) is 0 Å². The molecule has 0 aliphatic carbocycles. The lowest BCUT2D eigenvalue weighted by atomic mass is 10.1. The molecule has 0 fully saturated rings. The summed E-state index contributed by atoms with van der Waals surface area (Å²) in [4.78, 5) is 11.4. The van der Waals surface area contributed by atoms with Crippen LogP contribution in [0.2, 0.25) is 0 Å². The number of aldehydes is 1. The minimum atomic E-state index is 0.843. The van der Waals surface area contributed by atoms with Crippen LogP contribution in [0, 0.1) is 0 Å². The fourth-order valence-electron chi connectivity index (χ4n) is 2.24. The predicted octanol–water partition coefficient (Wildman–Crippen LogP) is 6.57. The first-order valence-electron chi connectivity index (χ1n) is 8.04. The lowest BCUT2D eigenvalue weighted by Crippen LogP contribution is -1.83. The molecule has 1 heterocycles. The monoisotopic (exact) mass is 312 g/mol. The first-order chi connectivity index (χ1) is 9.86. The zero-order chi connectivity index (χ0) is 14.5. The highest BCUT2D eigenvalue weighted by Crippen LogP contribution is 2.27. The van der Waals surface area contributed by atoms with Crippen LogP contribution in [0.5, 0.6) is 0 Å². The van der Waals surface area contributed by atoms with Gasteiger partial charge in [0.05, 0.1) is 9.09 Å². The Morgan fingerprint density at radius 3 is 2.10 bits per heavy atom. The number of hydrogen-bond donors (Lipinski definition) is 0. The molecule has 0 spiro atoms. The van der Waals surface area contributed by atoms with Crippen molar-refractivity contribution in [1.29, 1.82) is 0 Å². The highest BCUT2D eigenvalue weighted by atomic mass is 32.2. The second-order valence-electron chi connectivity index (χ2n) is 5.31. The van der Waals surface area contributed by atoms with Crippen molar-refractivity contribution in [3.63, 3.8) is 0 Å². The Balaban J connectivity index is 1.84. The molecule has 1 aromatic rings. The molecule has 20 heavy (non-hydrogen) atoms. The molecule has 0 unspecified atom stereocenters. The van der Waals surface area contributed by atoms with Gasteiger partial charge < -0.3 is 0 Å². The summed E-state index contributed by atoms with van der Waals surface area (Å²) >= 11 is 3.50. The van der Waals surface area contributed by atoms with Gasteiger partial charge in [-0.25, -0.2) is 0 Å². The van der Waals surface area contributed by atoms with Gasteiger partial charge in [0.25, 0.3) is 0 Å². The predicted molar refractivity (Wildman–Crippen MR) is 92.3 cm³/mol. The minimum absolute atomic E-state index is 0.843. The molecule has 3 heteroatoms. The number of carbonyl (C=O) groups excluding carboxylic acids is 1.